The van der Waals surface area contributed by atoms with Crippen molar-refractivity contribution in [2.75, 3.05) is 6.61 Å². The minimum atomic E-state index is -0.0924. The molecule has 0 spiro atoms. The van der Waals surface area contributed by atoms with Gasteiger partial charge in [-0.15, -0.1) is 0 Å². The summed E-state index contributed by atoms with van der Waals surface area (Å²) < 4.78 is 4.76. The predicted molar refractivity (Wildman–Crippen MR) is 64.0 cm³/mol. The van der Waals surface area contributed by atoms with Crippen LogP contribution in [-0.4, -0.2) is 18.2 Å². The van der Waals surface area contributed by atoms with Gasteiger partial charge in [0, 0.05) is 17.5 Å². The summed E-state index contributed by atoms with van der Waals surface area (Å²) in [6, 6.07) is 6.84. The molecule has 0 fully saturated rings. The molecule has 3 rings (SSSR count). The van der Waals surface area contributed by atoms with Gasteiger partial charge in [0.25, 0.3) is 0 Å². The molecule has 86 valence electrons. The van der Waals surface area contributed by atoms with Gasteiger partial charge in [0.2, 0.25) is 0 Å². The van der Waals surface area contributed by atoms with Gasteiger partial charge in [0.15, 0.2) is 11.6 Å². The summed E-state index contributed by atoms with van der Waals surface area (Å²) in [4.78, 5) is 22.4. The average Bonchev–Trinajstić information content (AvgIpc) is 2.93. The van der Waals surface area contributed by atoms with E-state index in [2.05, 4.69) is 0 Å². The van der Waals surface area contributed by atoms with E-state index in [0.29, 0.717) is 11.1 Å². The van der Waals surface area contributed by atoms with Crippen LogP contribution in [0.5, 0.6) is 0 Å². The molecule has 1 aromatic rings. The summed E-state index contributed by atoms with van der Waals surface area (Å²) in [6.45, 7) is 0.889. The molecule has 17 heavy (non-hydrogen) atoms. The van der Waals surface area contributed by atoms with Crippen molar-refractivity contribution in [3.05, 3.63) is 59.9 Å². The molecule has 0 atom stereocenters. The third-order valence-electron chi connectivity index (χ3n) is 2.44. The lowest BCUT2D eigenvalue weighted by Crippen LogP contribution is -2.10. The second-order valence-electron chi connectivity index (χ2n) is 3.64. The first kappa shape index (κ1) is 11.3. The maximum Gasteiger partial charge on any atom is 0.186 e. The van der Waals surface area contributed by atoms with Crippen LogP contribution in [0.4, 0.5) is 0 Å². The maximum absolute atomic E-state index is 11.2. The van der Waals surface area contributed by atoms with Gasteiger partial charge in [-0.1, -0.05) is 24.3 Å². The van der Waals surface area contributed by atoms with Crippen LogP contribution in [0.15, 0.2) is 48.8 Å². The molecule has 0 saturated carbocycles. The topological polar surface area (TPSA) is 43.4 Å². The highest BCUT2D eigenvalue weighted by atomic mass is 16.5. The van der Waals surface area contributed by atoms with Crippen LogP contribution in [-0.2, 0) is 4.74 Å². The van der Waals surface area contributed by atoms with Gasteiger partial charge in [0.1, 0.15) is 0 Å². The van der Waals surface area contributed by atoms with E-state index in [1.54, 1.807) is 30.5 Å². The van der Waals surface area contributed by atoms with Crippen molar-refractivity contribution in [1.29, 1.82) is 0 Å². The molecule has 0 bridgehead atoms. The Kier molecular flexibility index (Phi) is 3.50. The van der Waals surface area contributed by atoms with Crippen LogP contribution in [0.1, 0.15) is 27.1 Å². The van der Waals surface area contributed by atoms with Crippen molar-refractivity contribution in [3.8, 4) is 0 Å². The number of ether oxygens (including phenoxy) is 1. The van der Waals surface area contributed by atoms with Gasteiger partial charge < -0.3 is 4.74 Å². The molecule has 0 aromatic heterocycles. The number of rotatable bonds is 0. The molecule has 0 unspecified atom stereocenters. The molecule has 0 radical (unpaired) electrons. The number of fused-ring (bicyclic) bond motifs is 1. The largest absolute Gasteiger partial charge is 0.501 e. The molecule has 1 aliphatic heterocycles. The van der Waals surface area contributed by atoms with Crippen LogP contribution in [0.25, 0.3) is 0 Å². The molecule has 0 saturated heterocycles. The first-order valence-electron chi connectivity index (χ1n) is 5.41. The van der Waals surface area contributed by atoms with Gasteiger partial charge in [-0.05, 0) is 18.2 Å². The lowest BCUT2D eigenvalue weighted by Gasteiger charge is -2.06. The lowest BCUT2D eigenvalue weighted by atomic mass is 9.95. The summed E-state index contributed by atoms with van der Waals surface area (Å²) in [5, 5.41) is 0. The summed E-state index contributed by atoms with van der Waals surface area (Å²) in [6.07, 6.45) is 7.47. The zero-order chi connectivity index (χ0) is 12.1. The lowest BCUT2D eigenvalue weighted by molar-refractivity contribution is 0.0994. The first-order valence-corrected chi connectivity index (χ1v) is 5.41. The number of ketones is 2. The zero-order valence-corrected chi connectivity index (χ0v) is 9.26. The fourth-order valence-electron chi connectivity index (χ4n) is 1.58. The molecule has 1 aromatic carbocycles. The minimum Gasteiger partial charge on any atom is -0.501 e. The number of allylic oxidation sites excluding steroid dienone is 2. The van der Waals surface area contributed by atoms with Gasteiger partial charge >= 0.3 is 0 Å². The average molecular weight is 228 g/mol. The number of benzene rings is 1. The van der Waals surface area contributed by atoms with Crippen molar-refractivity contribution in [3.63, 3.8) is 0 Å². The number of carbonyl (C=O) groups excluding carboxylic acids is 2. The quantitative estimate of drug-likeness (QED) is 0.685. The second-order valence-corrected chi connectivity index (χ2v) is 3.64. The van der Waals surface area contributed by atoms with E-state index in [-0.39, 0.29) is 11.6 Å². The Bertz CT molecular complexity index is 455. The van der Waals surface area contributed by atoms with Gasteiger partial charge in [0.05, 0.1) is 12.9 Å². The smallest absolute Gasteiger partial charge is 0.186 e. The molecule has 1 heterocycles. The molecule has 0 N–H and O–H groups in total. The molecule has 3 nitrogen and oxygen atoms in total. The van der Waals surface area contributed by atoms with Crippen LogP contribution in [0.3, 0.4) is 0 Å². The van der Waals surface area contributed by atoms with E-state index < -0.39 is 0 Å². The third-order valence-corrected chi connectivity index (χ3v) is 2.44. The Morgan fingerprint density at radius 3 is 1.88 bits per heavy atom. The Morgan fingerprint density at radius 2 is 1.53 bits per heavy atom. The van der Waals surface area contributed by atoms with Crippen molar-refractivity contribution in [1.82, 2.24) is 0 Å². The SMILES string of the molecule is C1=COCC1.O=C1C=CC(=O)c2ccccc21. The normalized spacial score (nSPS) is 16.0. The molecular formula is C14H12O3. The van der Waals surface area contributed by atoms with E-state index in [0.717, 1.165) is 13.0 Å². The summed E-state index contributed by atoms with van der Waals surface area (Å²) in [5.41, 5.74) is 1.01. The van der Waals surface area contributed by atoms with Gasteiger partial charge in [-0.2, -0.15) is 0 Å². The van der Waals surface area contributed by atoms with E-state index in [9.17, 15) is 9.59 Å². The Balaban J connectivity index is 0.000000181. The second kappa shape index (κ2) is 5.25. The predicted octanol–water partition coefficient (Wildman–Crippen LogP) is 2.54. The fourth-order valence-corrected chi connectivity index (χ4v) is 1.58. The molecular weight excluding hydrogens is 216 g/mol. The van der Waals surface area contributed by atoms with Crippen LogP contribution < -0.4 is 0 Å². The molecule has 0 amide bonds. The van der Waals surface area contributed by atoms with Crippen LogP contribution in [0.2, 0.25) is 0 Å². The monoisotopic (exact) mass is 228 g/mol. The minimum absolute atomic E-state index is 0.0924. The fraction of sp³-hybridized carbons (Fsp3) is 0.143. The van der Waals surface area contributed by atoms with Crippen molar-refractivity contribution in [2.24, 2.45) is 0 Å². The Morgan fingerprint density at radius 1 is 0.941 bits per heavy atom. The number of carbonyl (C=O) groups is 2. The van der Waals surface area contributed by atoms with Crippen LogP contribution in [0, 0.1) is 0 Å². The third kappa shape index (κ3) is 2.69. The molecule has 2 aliphatic rings. The first-order chi connectivity index (χ1) is 8.29. The van der Waals surface area contributed by atoms with Crippen molar-refractivity contribution < 1.29 is 14.3 Å². The number of hydrogen-bond acceptors (Lipinski definition) is 3. The summed E-state index contributed by atoms with van der Waals surface area (Å²) >= 11 is 0. The maximum atomic E-state index is 11.2. The van der Waals surface area contributed by atoms with Gasteiger partial charge in [-0.25, -0.2) is 0 Å². The summed E-state index contributed by atoms with van der Waals surface area (Å²) in [7, 11) is 0. The van der Waals surface area contributed by atoms with E-state index in [4.69, 9.17) is 4.74 Å². The van der Waals surface area contributed by atoms with E-state index >= 15 is 0 Å². The van der Waals surface area contributed by atoms with Gasteiger partial charge in [-0.3, -0.25) is 9.59 Å². The van der Waals surface area contributed by atoms with E-state index in [1.165, 1.54) is 12.2 Å². The van der Waals surface area contributed by atoms with Crippen molar-refractivity contribution >= 4 is 11.6 Å². The highest BCUT2D eigenvalue weighted by Crippen LogP contribution is 2.15. The highest BCUT2D eigenvalue weighted by Gasteiger charge is 2.16. The zero-order valence-electron chi connectivity index (χ0n) is 9.26. The molecule has 3 heteroatoms. The highest BCUT2D eigenvalue weighted by molar-refractivity contribution is 6.21. The Hall–Kier alpha value is -2.16. The molecule has 1 aliphatic carbocycles. The summed E-state index contributed by atoms with van der Waals surface area (Å²) in [5.74, 6) is -0.185. The number of hydrogen-bond donors (Lipinski definition) is 0. The van der Waals surface area contributed by atoms with E-state index in [1.807, 2.05) is 6.08 Å². The standard InChI is InChI=1S/C10H6O2.C4H6O/c11-9-5-6-10(12)8-4-2-1-3-7(8)9;1-2-4-5-3-1/h1-6H;1,3H,2,4H2. The van der Waals surface area contributed by atoms with Crippen LogP contribution >= 0.6 is 0 Å². The van der Waals surface area contributed by atoms with Crippen molar-refractivity contribution in [2.45, 2.75) is 6.42 Å². The Labute approximate surface area is 99.4 Å².